The lowest BCUT2D eigenvalue weighted by Crippen LogP contribution is -2.42. The molecular weight excluding hydrogens is 332 g/mol. The van der Waals surface area contributed by atoms with Gasteiger partial charge in [0.05, 0.1) is 25.4 Å². The molecule has 0 radical (unpaired) electrons. The van der Waals surface area contributed by atoms with Crippen molar-refractivity contribution in [2.75, 3.05) is 13.2 Å². The molecule has 2 rings (SSSR count). The summed E-state index contributed by atoms with van der Waals surface area (Å²) in [6.07, 6.45) is 20.6. The van der Waals surface area contributed by atoms with Crippen LogP contribution in [0.5, 0.6) is 0 Å². The molecule has 0 N–H and O–H groups in total. The van der Waals surface area contributed by atoms with Crippen molar-refractivity contribution < 1.29 is 9.47 Å². The molecule has 0 aromatic carbocycles. The zero-order valence-electron chi connectivity index (χ0n) is 18.1. The summed E-state index contributed by atoms with van der Waals surface area (Å²) in [5, 5.41) is 0. The fourth-order valence-corrected chi connectivity index (χ4v) is 5.85. The quantitative estimate of drug-likeness (QED) is 0.338. The second kappa shape index (κ2) is 12.1. The van der Waals surface area contributed by atoms with E-state index < -0.39 is 0 Å². The monoisotopic (exact) mass is 376 g/mol. The van der Waals surface area contributed by atoms with Crippen molar-refractivity contribution in [3.63, 3.8) is 0 Å². The second-order valence-corrected chi connectivity index (χ2v) is 9.02. The minimum atomic E-state index is 0.397. The van der Waals surface area contributed by atoms with E-state index in [0.29, 0.717) is 30.8 Å². The summed E-state index contributed by atoms with van der Waals surface area (Å²) in [5.74, 6) is 1.69. The molecule has 2 nitrogen and oxygen atoms in total. The fourth-order valence-electron chi connectivity index (χ4n) is 5.85. The highest BCUT2D eigenvalue weighted by atomic mass is 16.5. The molecule has 156 valence electrons. The minimum absolute atomic E-state index is 0.397. The van der Waals surface area contributed by atoms with Gasteiger partial charge in [-0.05, 0) is 75.0 Å². The molecule has 2 atom stereocenters. The van der Waals surface area contributed by atoms with Crippen LogP contribution in [0, 0.1) is 17.3 Å². The molecular formula is C25H44O2. The van der Waals surface area contributed by atoms with Crippen LogP contribution in [0.2, 0.25) is 0 Å². The van der Waals surface area contributed by atoms with E-state index in [0.717, 1.165) is 18.3 Å². The normalized spacial score (nSPS) is 27.6. The van der Waals surface area contributed by atoms with Crippen LogP contribution in [0.3, 0.4) is 0 Å². The molecule has 0 spiro atoms. The zero-order chi connectivity index (χ0) is 19.5. The minimum Gasteiger partial charge on any atom is -0.374 e. The lowest BCUT2D eigenvalue weighted by Gasteiger charge is -2.50. The SMILES string of the molecule is C=CCOC(CC)CCC(C)C1(C2CCC(OCC=C)CC2)CCCCC1. The number of ether oxygens (including phenoxy) is 2. The van der Waals surface area contributed by atoms with E-state index in [1.165, 1.54) is 70.6 Å². The Hall–Kier alpha value is -0.600. The molecule has 0 aromatic rings. The standard InChI is InChI=1S/C25H44O2/c1-5-19-26-23(7-3)14-11-21(4)25(17-9-8-10-18-25)22-12-15-24(16-13-22)27-20-6-2/h5-6,21-24H,1-2,7-20H2,3-4H3. The van der Waals surface area contributed by atoms with Crippen LogP contribution in [0.25, 0.3) is 0 Å². The molecule has 0 heterocycles. The molecule has 0 bridgehead atoms. The van der Waals surface area contributed by atoms with Crippen LogP contribution in [0.15, 0.2) is 25.3 Å². The maximum absolute atomic E-state index is 5.97. The summed E-state index contributed by atoms with van der Waals surface area (Å²) >= 11 is 0. The van der Waals surface area contributed by atoms with Crippen molar-refractivity contribution in [3.8, 4) is 0 Å². The van der Waals surface area contributed by atoms with Gasteiger partial charge < -0.3 is 9.47 Å². The molecule has 2 unspecified atom stereocenters. The Balaban J connectivity index is 1.94. The van der Waals surface area contributed by atoms with Gasteiger partial charge in [0, 0.05) is 0 Å². The summed E-state index contributed by atoms with van der Waals surface area (Å²) in [6.45, 7) is 13.8. The van der Waals surface area contributed by atoms with E-state index in [-0.39, 0.29) is 0 Å². The first-order valence-corrected chi connectivity index (χ1v) is 11.6. The molecule has 2 aliphatic rings. The predicted molar refractivity (Wildman–Crippen MR) is 116 cm³/mol. The Morgan fingerprint density at radius 1 is 0.963 bits per heavy atom. The maximum Gasteiger partial charge on any atom is 0.0648 e. The van der Waals surface area contributed by atoms with Gasteiger partial charge in [-0.25, -0.2) is 0 Å². The third-order valence-electron chi connectivity index (χ3n) is 7.53. The largest absolute Gasteiger partial charge is 0.374 e. The first-order valence-electron chi connectivity index (χ1n) is 11.6. The van der Waals surface area contributed by atoms with Crippen LogP contribution < -0.4 is 0 Å². The number of rotatable bonds is 12. The Bertz CT molecular complexity index is 416. The van der Waals surface area contributed by atoms with Crippen molar-refractivity contribution in [1.82, 2.24) is 0 Å². The highest BCUT2D eigenvalue weighted by Gasteiger charge is 2.44. The van der Waals surface area contributed by atoms with E-state index in [1.54, 1.807) is 0 Å². The molecule has 2 saturated carbocycles. The smallest absolute Gasteiger partial charge is 0.0648 e. The predicted octanol–water partition coefficient (Wildman–Crippen LogP) is 7.10. The molecule has 0 aromatic heterocycles. The van der Waals surface area contributed by atoms with Crippen molar-refractivity contribution in [1.29, 1.82) is 0 Å². The lowest BCUT2D eigenvalue weighted by molar-refractivity contribution is -0.0363. The van der Waals surface area contributed by atoms with Crippen molar-refractivity contribution in [2.24, 2.45) is 17.3 Å². The average molecular weight is 377 g/mol. The zero-order valence-corrected chi connectivity index (χ0v) is 18.1. The molecule has 2 aliphatic carbocycles. The highest BCUT2D eigenvalue weighted by molar-refractivity contribution is 4.95. The first-order chi connectivity index (χ1) is 13.2. The van der Waals surface area contributed by atoms with Gasteiger partial charge in [-0.15, -0.1) is 13.2 Å². The van der Waals surface area contributed by atoms with Gasteiger partial charge in [-0.2, -0.15) is 0 Å². The van der Waals surface area contributed by atoms with Gasteiger partial charge in [0.1, 0.15) is 0 Å². The molecule has 0 amide bonds. The van der Waals surface area contributed by atoms with Crippen molar-refractivity contribution in [2.45, 2.75) is 103 Å². The summed E-state index contributed by atoms with van der Waals surface area (Å²) in [5.41, 5.74) is 0.568. The third-order valence-corrected chi connectivity index (χ3v) is 7.53. The third kappa shape index (κ3) is 6.46. The van der Waals surface area contributed by atoms with Gasteiger partial charge in [0.2, 0.25) is 0 Å². The molecule has 0 aliphatic heterocycles. The summed E-state index contributed by atoms with van der Waals surface area (Å²) in [6, 6.07) is 0. The van der Waals surface area contributed by atoms with Gasteiger partial charge in [0.25, 0.3) is 0 Å². The summed E-state index contributed by atoms with van der Waals surface area (Å²) < 4.78 is 11.9. The Morgan fingerprint density at radius 3 is 2.22 bits per heavy atom. The second-order valence-electron chi connectivity index (χ2n) is 9.02. The topological polar surface area (TPSA) is 18.5 Å². The van der Waals surface area contributed by atoms with E-state index >= 15 is 0 Å². The van der Waals surface area contributed by atoms with Crippen molar-refractivity contribution in [3.05, 3.63) is 25.3 Å². The highest BCUT2D eigenvalue weighted by Crippen LogP contribution is 2.54. The molecule has 0 saturated heterocycles. The molecule has 2 fully saturated rings. The van der Waals surface area contributed by atoms with Gasteiger partial charge in [-0.3, -0.25) is 0 Å². The summed E-state index contributed by atoms with van der Waals surface area (Å²) in [4.78, 5) is 0. The summed E-state index contributed by atoms with van der Waals surface area (Å²) in [7, 11) is 0. The average Bonchev–Trinajstić information content (AvgIpc) is 2.73. The first kappa shape index (κ1) is 22.7. The Labute approximate surface area is 168 Å². The van der Waals surface area contributed by atoms with Gasteiger partial charge in [0.15, 0.2) is 0 Å². The van der Waals surface area contributed by atoms with Crippen LogP contribution in [0.1, 0.15) is 90.9 Å². The Kier molecular flexibility index (Phi) is 10.1. The van der Waals surface area contributed by atoms with Crippen LogP contribution >= 0.6 is 0 Å². The maximum atomic E-state index is 5.97. The van der Waals surface area contributed by atoms with E-state index in [9.17, 15) is 0 Å². The van der Waals surface area contributed by atoms with Gasteiger partial charge in [-0.1, -0.05) is 45.3 Å². The molecule has 2 heteroatoms. The number of hydrogen-bond donors (Lipinski definition) is 0. The van der Waals surface area contributed by atoms with Gasteiger partial charge >= 0.3 is 0 Å². The Morgan fingerprint density at radius 2 is 1.63 bits per heavy atom. The number of hydrogen-bond acceptors (Lipinski definition) is 2. The van der Waals surface area contributed by atoms with Crippen molar-refractivity contribution >= 4 is 0 Å². The van der Waals surface area contributed by atoms with E-state index in [1.807, 2.05) is 12.2 Å². The van der Waals surface area contributed by atoms with E-state index in [2.05, 4.69) is 27.0 Å². The van der Waals surface area contributed by atoms with Crippen LogP contribution in [0.4, 0.5) is 0 Å². The van der Waals surface area contributed by atoms with Crippen LogP contribution in [-0.4, -0.2) is 25.4 Å². The van der Waals surface area contributed by atoms with Crippen LogP contribution in [-0.2, 0) is 9.47 Å². The van der Waals surface area contributed by atoms with E-state index in [4.69, 9.17) is 9.47 Å². The lowest BCUT2D eigenvalue weighted by atomic mass is 9.55. The molecule has 27 heavy (non-hydrogen) atoms. The fraction of sp³-hybridized carbons (Fsp3) is 0.840.